The van der Waals surface area contributed by atoms with Crippen molar-refractivity contribution in [1.82, 2.24) is 14.9 Å². The van der Waals surface area contributed by atoms with Crippen LogP contribution in [0.25, 0.3) is 0 Å². The van der Waals surface area contributed by atoms with Crippen LogP contribution in [0.5, 0.6) is 0 Å². The van der Waals surface area contributed by atoms with Gasteiger partial charge in [0.15, 0.2) is 0 Å². The average Bonchev–Trinajstić information content (AvgIpc) is 2.88. The summed E-state index contributed by atoms with van der Waals surface area (Å²) in [6.45, 7) is 7.89. The van der Waals surface area contributed by atoms with Gasteiger partial charge in [0.2, 0.25) is 5.16 Å². The molecule has 1 aromatic rings. The third kappa shape index (κ3) is 4.88. The Hall–Kier alpha value is -1.21. The molecule has 128 valence electrons. The summed E-state index contributed by atoms with van der Waals surface area (Å²) in [6, 6.07) is -0.130. The van der Waals surface area contributed by atoms with Crippen molar-refractivity contribution in [3.63, 3.8) is 0 Å². The predicted octanol–water partition coefficient (Wildman–Crippen LogP) is 2.95. The van der Waals surface area contributed by atoms with E-state index in [-0.39, 0.29) is 17.3 Å². The monoisotopic (exact) mass is 359 g/mol. The van der Waals surface area contributed by atoms with Crippen LogP contribution in [0.4, 0.5) is 4.79 Å². The van der Waals surface area contributed by atoms with E-state index in [1.54, 1.807) is 18.0 Å². The summed E-state index contributed by atoms with van der Waals surface area (Å²) in [4.78, 5) is 22.0. The Kier molecular flexibility index (Phi) is 5.62. The van der Waals surface area contributed by atoms with Crippen molar-refractivity contribution in [3.8, 4) is 0 Å². The quantitative estimate of drug-likeness (QED) is 0.612. The zero-order valence-electron chi connectivity index (χ0n) is 13.8. The first-order valence-corrected chi connectivity index (χ1v) is 9.24. The molecule has 2 heterocycles. The Morgan fingerprint density at radius 2 is 2.22 bits per heavy atom. The van der Waals surface area contributed by atoms with Gasteiger partial charge in [-0.15, -0.1) is 0 Å². The summed E-state index contributed by atoms with van der Waals surface area (Å²) in [5, 5.41) is 0.510. The molecule has 1 aliphatic rings. The van der Waals surface area contributed by atoms with Gasteiger partial charge in [-0.3, -0.25) is 4.21 Å². The number of aromatic nitrogens is 2. The first kappa shape index (κ1) is 18.1. The van der Waals surface area contributed by atoms with Crippen LogP contribution >= 0.6 is 11.6 Å². The largest absolute Gasteiger partial charge is 0.444 e. The highest BCUT2D eigenvalue weighted by Gasteiger charge is 2.33. The maximum absolute atomic E-state index is 12.5. The topological polar surface area (TPSA) is 72.4 Å². The molecule has 0 aromatic carbocycles. The van der Waals surface area contributed by atoms with Crippen molar-refractivity contribution in [2.75, 3.05) is 12.3 Å². The highest BCUT2D eigenvalue weighted by Crippen LogP contribution is 2.22. The van der Waals surface area contributed by atoms with E-state index in [1.165, 1.54) is 0 Å². The van der Waals surface area contributed by atoms with Gasteiger partial charge >= 0.3 is 6.09 Å². The summed E-state index contributed by atoms with van der Waals surface area (Å²) < 4.78 is 17.9. The molecular weight excluding hydrogens is 338 g/mol. The zero-order valence-corrected chi connectivity index (χ0v) is 15.4. The zero-order chi connectivity index (χ0) is 17.2. The van der Waals surface area contributed by atoms with Gasteiger partial charge in [0.05, 0.1) is 16.6 Å². The fourth-order valence-electron chi connectivity index (χ4n) is 2.34. The Labute approximate surface area is 144 Å². The first-order chi connectivity index (χ1) is 10.7. The molecule has 0 radical (unpaired) electrons. The number of ether oxygens (including phenoxy) is 1. The Morgan fingerprint density at radius 1 is 1.52 bits per heavy atom. The second kappa shape index (κ2) is 7.13. The second-order valence-electron chi connectivity index (χ2n) is 6.61. The van der Waals surface area contributed by atoms with Gasteiger partial charge in [0.1, 0.15) is 10.8 Å². The lowest BCUT2D eigenvalue weighted by Crippen LogP contribution is -2.42. The molecule has 0 saturated carbocycles. The first-order valence-electron chi connectivity index (χ1n) is 7.54. The molecule has 6 nitrogen and oxygen atoms in total. The highest BCUT2D eigenvalue weighted by molar-refractivity contribution is 7.84. The molecule has 0 N–H and O–H groups in total. The van der Waals surface area contributed by atoms with Crippen LogP contribution in [-0.2, 0) is 15.5 Å². The lowest BCUT2D eigenvalue weighted by Gasteiger charge is -2.28. The van der Waals surface area contributed by atoms with E-state index < -0.39 is 16.4 Å². The maximum atomic E-state index is 12.5. The van der Waals surface area contributed by atoms with Gasteiger partial charge in [-0.25, -0.2) is 14.8 Å². The van der Waals surface area contributed by atoms with E-state index in [4.69, 9.17) is 16.3 Å². The number of hydrogen-bond acceptors (Lipinski definition) is 5. The molecule has 1 fully saturated rings. The van der Waals surface area contributed by atoms with Gasteiger partial charge in [0.25, 0.3) is 0 Å². The van der Waals surface area contributed by atoms with E-state index in [1.807, 2.05) is 20.8 Å². The molecule has 2 atom stereocenters. The Bertz CT molecular complexity index is 618. The van der Waals surface area contributed by atoms with Crippen LogP contribution in [-0.4, -0.2) is 49.1 Å². The van der Waals surface area contributed by atoms with Crippen molar-refractivity contribution in [1.29, 1.82) is 0 Å². The lowest BCUT2D eigenvalue weighted by molar-refractivity contribution is 0.0241. The second-order valence-corrected chi connectivity index (χ2v) is 8.36. The molecular formula is C15H22ClN3O3S. The van der Waals surface area contributed by atoms with Gasteiger partial charge < -0.3 is 9.64 Å². The number of rotatable bonds is 3. The van der Waals surface area contributed by atoms with Crippen molar-refractivity contribution in [3.05, 3.63) is 16.9 Å². The number of amides is 1. The molecule has 1 aliphatic heterocycles. The summed E-state index contributed by atoms with van der Waals surface area (Å²) >= 11 is 5.96. The highest BCUT2D eigenvalue weighted by atomic mass is 35.5. The van der Waals surface area contributed by atoms with E-state index in [0.717, 1.165) is 18.4 Å². The van der Waals surface area contributed by atoms with Crippen molar-refractivity contribution in [2.45, 2.75) is 57.3 Å². The molecule has 1 amide bonds. The molecule has 8 heteroatoms. The van der Waals surface area contributed by atoms with E-state index in [0.29, 0.717) is 17.5 Å². The van der Waals surface area contributed by atoms with Crippen LogP contribution < -0.4 is 0 Å². The number of halogens is 1. The summed E-state index contributed by atoms with van der Waals surface area (Å²) in [7, 11) is -1.41. The van der Waals surface area contributed by atoms with Gasteiger partial charge in [0, 0.05) is 24.3 Å². The molecule has 0 aliphatic carbocycles. The fourth-order valence-corrected chi connectivity index (χ4v) is 3.72. The van der Waals surface area contributed by atoms with Gasteiger partial charge in [-0.1, -0.05) is 11.6 Å². The molecule has 0 bridgehead atoms. The number of hydrogen-bond donors (Lipinski definition) is 0. The molecule has 2 rings (SSSR count). The van der Waals surface area contributed by atoms with Crippen molar-refractivity contribution < 1.29 is 13.7 Å². The normalized spacial score (nSPS) is 19.7. The van der Waals surface area contributed by atoms with Gasteiger partial charge in [-0.2, -0.15) is 0 Å². The van der Waals surface area contributed by atoms with Crippen LogP contribution in [0.15, 0.2) is 11.4 Å². The van der Waals surface area contributed by atoms with Gasteiger partial charge in [-0.05, 0) is 40.5 Å². The number of likely N-dealkylation sites (tertiary alicyclic amines) is 1. The van der Waals surface area contributed by atoms with Crippen LogP contribution in [0.3, 0.4) is 0 Å². The fraction of sp³-hybridized carbons (Fsp3) is 0.667. The van der Waals surface area contributed by atoms with Crippen molar-refractivity contribution >= 4 is 28.5 Å². The van der Waals surface area contributed by atoms with E-state index in [9.17, 15) is 9.00 Å². The summed E-state index contributed by atoms with van der Waals surface area (Å²) in [5.74, 6) is 0.290. The van der Waals surface area contributed by atoms with E-state index in [2.05, 4.69) is 9.97 Å². The Morgan fingerprint density at radius 3 is 2.83 bits per heavy atom. The predicted molar refractivity (Wildman–Crippen MR) is 89.0 cm³/mol. The standard InChI is InChI=1S/C15H22ClN3O3S/c1-10-8-17-13(18-12(10)16)23(21)9-11-6-5-7-19(11)14(20)22-15(2,3)4/h8,11H,5-7,9H2,1-4H3. The Balaban J connectivity index is 2.04. The summed E-state index contributed by atoms with van der Waals surface area (Å²) in [5.41, 5.74) is 0.195. The minimum absolute atomic E-state index is 0.130. The maximum Gasteiger partial charge on any atom is 0.410 e. The number of carbonyl (C=O) groups is 1. The molecule has 1 aromatic heterocycles. The summed E-state index contributed by atoms with van der Waals surface area (Å²) in [6.07, 6.45) is 2.86. The SMILES string of the molecule is Cc1cnc(S(=O)CC2CCCN2C(=O)OC(C)(C)C)nc1Cl. The van der Waals surface area contributed by atoms with Crippen LogP contribution in [0.1, 0.15) is 39.2 Å². The van der Waals surface area contributed by atoms with E-state index >= 15 is 0 Å². The third-order valence-electron chi connectivity index (χ3n) is 3.44. The number of carbonyl (C=O) groups excluding carboxylic acids is 1. The number of aryl methyl sites for hydroxylation is 1. The molecule has 23 heavy (non-hydrogen) atoms. The third-order valence-corrected chi connectivity index (χ3v) is 5.11. The number of nitrogens with zero attached hydrogens (tertiary/aromatic N) is 3. The van der Waals surface area contributed by atoms with Crippen molar-refractivity contribution in [2.24, 2.45) is 0 Å². The lowest BCUT2D eigenvalue weighted by atomic mass is 10.2. The molecule has 2 unspecified atom stereocenters. The average molecular weight is 360 g/mol. The molecule has 0 spiro atoms. The van der Waals surface area contributed by atoms with Crippen LogP contribution in [0.2, 0.25) is 5.15 Å². The minimum Gasteiger partial charge on any atom is -0.444 e. The minimum atomic E-state index is -1.41. The molecule has 1 saturated heterocycles. The smallest absolute Gasteiger partial charge is 0.410 e. The van der Waals surface area contributed by atoms with Crippen LogP contribution in [0, 0.1) is 6.92 Å².